The zero-order valence-electron chi connectivity index (χ0n) is 11.4. The Morgan fingerprint density at radius 3 is 2.59 bits per heavy atom. The molecule has 0 radical (unpaired) electrons. The second kappa shape index (κ2) is 6.10. The van der Waals surface area contributed by atoms with Gasteiger partial charge in [-0.1, -0.05) is 33.3 Å². The number of hydrogen-bond acceptors (Lipinski definition) is 4. The molecule has 22 heavy (non-hydrogen) atoms. The molecule has 7 nitrogen and oxygen atoms in total. The Bertz CT molecular complexity index is 894. The first-order valence-electron chi connectivity index (χ1n) is 6.53. The summed E-state index contributed by atoms with van der Waals surface area (Å²) in [5.74, 6) is 0. The number of benzene rings is 1. The molecule has 0 fully saturated rings. The Morgan fingerprint density at radius 1 is 1.09 bits per heavy atom. The van der Waals surface area contributed by atoms with Crippen molar-refractivity contribution in [3.63, 3.8) is 0 Å². The van der Waals surface area contributed by atoms with Gasteiger partial charge in [0.15, 0.2) is 0 Å². The van der Waals surface area contributed by atoms with Gasteiger partial charge in [-0.3, -0.25) is 14.3 Å². The average Bonchev–Trinajstić information content (AvgIpc) is 2.92. The number of rotatable bonds is 4. The van der Waals surface area contributed by atoms with Crippen LogP contribution in [0.2, 0.25) is 0 Å². The molecule has 0 amide bonds. The third-order valence-corrected chi connectivity index (χ3v) is 3.60. The number of aromatic nitrogens is 5. The molecule has 3 aromatic rings. The number of aromatic amines is 1. The molecule has 0 spiro atoms. The van der Waals surface area contributed by atoms with Crippen molar-refractivity contribution in [3.05, 3.63) is 79.3 Å². The van der Waals surface area contributed by atoms with Crippen LogP contribution in [-0.2, 0) is 13.1 Å². The van der Waals surface area contributed by atoms with E-state index in [9.17, 15) is 9.59 Å². The van der Waals surface area contributed by atoms with Gasteiger partial charge in [-0.2, -0.15) is 0 Å². The molecule has 3 rings (SSSR count). The second-order valence-electron chi connectivity index (χ2n) is 4.77. The summed E-state index contributed by atoms with van der Waals surface area (Å²) in [4.78, 5) is 24.8. The predicted octanol–water partition coefficient (Wildman–Crippen LogP) is 0.987. The monoisotopic (exact) mass is 361 g/mol. The maximum atomic E-state index is 11.6. The van der Waals surface area contributed by atoms with Crippen LogP contribution in [0.25, 0.3) is 0 Å². The first-order valence-corrected chi connectivity index (χ1v) is 7.33. The van der Waals surface area contributed by atoms with E-state index in [1.807, 2.05) is 24.3 Å². The highest BCUT2D eigenvalue weighted by Gasteiger charge is 2.04. The fraction of sp³-hybridized carbons (Fsp3) is 0.143. The molecule has 0 saturated heterocycles. The average molecular weight is 362 g/mol. The Kier molecular flexibility index (Phi) is 4.01. The summed E-state index contributed by atoms with van der Waals surface area (Å²) in [6.45, 7) is 0.858. The molecule has 1 aromatic carbocycles. The van der Waals surface area contributed by atoms with Crippen LogP contribution in [0.4, 0.5) is 0 Å². The van der Waals surface area contributed by atoms with Crippen LogP contribution < -0.4 is 11.2 Å². The van der Waals surface area contributed by atoms with Gasteiger partial charge < -0.3 is 0 Å². The smallest absolute Gasteiger partial charge is 0.294 e. The summed E-state index contributed by atoms with van der Waals surface area (Å²) in [5, 5.41) is 8.09. The largest absolute Gasteiger partial charge is 0.328 e. The highest BCUT2D eigenvalue weighted by Crippen LogP contribution is 2.11. The van der Waals surface area contributed by atoms with E-state index >= 15 is 0 Å². The van der Waals surface area contributed by atoms with Crippen LogP contribution in [0, 0.1) is 0 Å². The lowest BCUT2D eigenvalue weighted by Crippen LogP contribution is -2.28. The minimum Gasteiger partial charge on any atom is -0.294 e. The quantitative estimate of drug-likeness (QED) is 0.750. The Hall–Kier alpha value is -2.48. The topological polar surface area (TPSA) is 85.6 Å². The van der Waals surface area contributed by atoms with E-state index in [1.54, 1.807) is 10.9 Å². The van der Waals surface area contributed by atoms with Gasteiger partial charge in [-0.15, -0.1) is 5.10 Å². The van der Waals surface area contributed by atoms with Gasteiger partial charge >= 0.3 is 5.69 Å². The van der Waals surface area contributed by atoms with E-state index in [0.717, 1.165) is 10.0 Å². The molecule has 0 aliphatic heterocycles. The number of H-pyrrole nitrogens is 1. The van der Waals surface area contributed by atoms with Gasteiger partial charge in [0.1, 0.15) is 5.69 Å². The van der Waals surface area contributed by atoms with Gasteiger partial charge in [0.25, 0.3) is 5.56 Å². The summed E-state index contributed by atoms with van der Waals surface area (Å²) in [6.07, 6.45) is 3.22. The van der Waals surface area contributed by atoms with Crippen molar-refractivity contribution >= 4 is 15.9 Å². The molecule has 2 heterocycles. The van der Waals surface area contributed by atoms with Crippen molar-refractivity contribution < 1.29 is 0 Å². The Morgan fingerprint density at radius 2 is 1.86 bits per heavy atom. The van der Waals surface area contributed by atoms with E-state index in [0.29, 0.717) is 12.2 Å². The summed E-state index contributed by atoms with van der Waals surface area (Å²) in [7, 11) is 0. The molecule has 0 unspecified atom stereocenters. The molecule has 0 aliphatic carbocycles. The van der Waals surface area contributed by atoms with Gasteiger partial charge in [0, 0.05) is 16.7 Å². The van der Waals surface area contributed by atoms with Gasteiger partial charge in [-0.05, 0) is 17.7 Å². The summed E-state index contributed by atoms with van der Waals surface area (Å²) >= 11 is 3.39. The van der Waals surface area contributed by atoms with E-state index in [4.69, 9.17) is 0 Å². The maximum Gasteiger partial charge on any atom is 0.328 e. The van der Waals surface area contributed by atoms with Crippen molar-refractivity contribution in [2.24, 2.45) is 0 Å². The predicted molar refractivity (Wildman–Crippen MR) is 83.7 cm³/mol. The van der Waals surface area contributed by atoms with Gasteiger partial charge in [-0.25, -0.2) is 9.48 Å². The minimum atomic E-state index is -0.463. The highest BCUT2D eigenvalue weighted by atomic mass is 79.9. The highest BCUT2D eigenvalue weighted by molar-refractivity contribution is 9.10. The molecule has 1 N–H and O–H groups in total. The third kappa shape index (κ3) is 3.40. The number of nitrogens with one attached hydrogen (secondary N) is 1. The lowest BCUT2D eigenvalue weighted by Gasteiger charge is -2.01. The molecular weight excluding hydrogens is 350 g/mol. The zero-order valence-corrected chi connectivity index (χ0v) is 13.0. The van der Waals surface area contributed by atoms with Crippen LogP contribution in [0.1, 0.15) is 11.3 Å². The second-order valence-corrected chi connectivity index (χ2v) is 5.69. The maximum absolute atomic E-state index is 11.6. The number of hydrogen-bond donors (Lipinski definition) is 1. The van der Waals surface area contributed by atoms with Gasteiger partial charge in [0.05, 0.1) is 19.3 Å². The summed E-state index contributed by atoms with van der Waals surface area (Å²) in [6, 6.07) is 9.23. The molecule has 0 atom stereocenters. The van der Waals surface area contributed by atoms with Crippen LogP contribution in [0.15, 0.2) is 56.8 Å². The van der Waals surface area contributed by atoms with Crippen LogP contribution >= 0.6 is 15.9 Å². The zero-order chi connectivity index (χ0) is 15.5. The first-order chi connectivity index (χ1) is 10.6. The van der Waals surface area contributed by atoms with Crippen molar-refractivity contribution in [2.75, 3.05) is 0 Å². The molecular formula is C14H12BrN5O2. The van der Waals surface area contributed by atoms with E-state index in [2.05, 4.69) is 31.2 Å². The van der Waals surface area contributed by atoms with E-state index in [-0.39, 0.29) is 6.54 Å². The molecule has 0 saturated carbocycles. The van der Waals surface area contributed by atoms with Crippen molar-refractivity contribution in [1.82, 2.24) is 24.5 Å². The Labute approximate surface area is 133 Å². The van der Waals surface area contributed by atoms with Crippen LogP contribution in [-0.4, -0.2) is 24.5 Å². The molecule has 2 aromatic heterocycles. The summed E-state index contributed by atoms with van der Waals surface area (Å²) in [5.41, 5.74) is 0.863. The lowest BCUT2D eigenvalue weighted by molar-refractivity contribution is 0.647. The van der Waals surface area contributed by atoms with Crippen LogP contribution in [0.5, 0.6) is 0 Å². The van der Waals surface area contributed by atoms with E-state index in [1.165, 1.54) is 16.8 Å². The van der Waals surface area contributed by atoms with Crippen molar-refractivity contribution in [1.29, 1.82) is 0 Å². The molecule has 0 bridgehead atoms. The van der Waals surface area contributed by atoms with E-state index < -0.39 is 11.2 Å². The fourth-order valence-electron chi connectivity index (χ4n) is 2.01. The van der Waals surface area contributed by atoms with Crippen molar-refractivity contribution in [2.45, 2.75) is 13.1 Å². The standard InChI is InChI=1S/C14H12BrN5O2/c15-11-3-1-10(2-4-11)7-20-9-12(17-18-20)8-19-6-5-13(21)16-14(19)22/h1-6,9H,7-8H2,(H,16,21,22). The van der Waals surface area contributed by atoms with Crippen molar-refractivity contribution in [3.8, 4) is 0 Å². The number of nitrogens with zero attached hydrogens (tertiary/aromatic N) is 4. The normalized spacial score (nSPS) is 10.8. The molecule has 8 heteroatoms. The Balaban J connectivity index is 1.74. The molecule has 112 valence electrons. The van der Waals surface area contributed by atoms with Gasteiger partial charge in [0.2, 0.25) is 0 Å². The minimum absolute atomic E-state index is 0.260. The summed E-state index contributed by atoms with van der Waals surface area (Å²) < 4.78 is 4.10. The third-order valence-electron chi connectivity index (χ3n) is 3.07. The SMILES string of the molecule is O=c1ccn(Cc2cn(Cc3ccc(Br)cc3)nn2)c(=O)[nH]1. The molecule has 0 aliphatic rings. The fourth-order valence-corrected chi connectivity index (χ4v) is 2.27. The number of halogens is 1. The first kappa shape index (κ1) is 14.5. The lowest BCUT2D eigenvalue weighted by atomic mass is 10.2. The van der Waals surface area contributed by atoms with Crippen LogP contribution in [0.3, 0.4) is 0 Å².